The van der Waals surface area contributed by atoms with Crippen LogP contribution in [0.15, 0.2) is 36.5 Å². The monoisotopic (exact) mass is 998 g/mol. The van der Waals surface area contributed by atoms with Crippen LogP contribution in [0, 0.1) is 0 Å². The second-order valence-corrected chi connectivity index (χ2v) is 21.7. The number of carbonyl (C=O) groups is 2. The number of esters is 1. The minimum atomic E-state index is -0.845. The van der Waals surface area contributed by atoms with E-state index in [2.05, 4.69) is 43.5 Å². The molecule has 2 atom stereocenters. The average Bonchev–Trinajstić information content (AvgIpc) is 3.37. The number of amides is 1. The van der Waals surface area contributed by atoms with Gasteiger partial charge in [0, 0.05) is 12.8 Å². The van der Waals surface area contributed by atoms with Gasteiger partial charge in [0.15, 0.2) is 0 Å². The number of carbonyl (C=O) groups excluding carboxylic acids is 2. The van der Waals surface area contributed by atoms with Gasteiger partial charge in [0.2, 0.25) is 5.91 Å². The second kappa shape index (κ2) is 60.6. The molecule has 0 radical (unpaired) electrons. The molecule has 0 saturated heterocycles. The zero-order valence-corrected chi connectivity index (χ0v) is 47.7. The summed E-state index contributed by atoms with van der Waals surface area (Å²) in [6, 6.07) is -0.629. The predicted octanol–water partition coefficient (Wildman–Crippen LogP) is 20.0. The Morgan fingerprint density at radius 3 is 1.01 bits per heavy atom. The summed E-state index contributed by atoms with van der Waals surface area (Å²) in [5, 5.41) is 23.1. The van der Waals surface area contributed by atoms with Crippen LogP contribution in [-0.2, 0) is 14.3 Å². The molecule has 6 nitrogen and oxygen atoms in total. The maximum atomic E-state index is 12.5. The van der Waals surface area contributed by atoms with Crippen LogP contribution in [0.1, 0.15) is 341 Å². The van der Waals surface area contributed by atoms with Crippen molar-refractivity contribution < 1.29 is 24.5 Å². The molecule has 71 heavy (non-hydrogen) atoms. The molecule has 0 saturated carbocycles. The fraction of sp³-hybridized carbons (Fsp3) is 0.877. The number of nitrogens with one attached hydrogen (secondary N) is 1. The molecule has 0 spiro atoms. The van der Waals surface area contributed by atoms with Crippen molar-refractivity contribution in [1.82, 2.24) is 5.32 Å². The SMILES string of the molecule is CCCCCC/C=C\CCCCCCCC(=O)OCCCCCCCCCCCCCC/C=C\CCCCCCCCCCCCC(=O)NC(CO)C(O)/C=C/CCCCCCCCCCCCCCC. The highest BCUT2D eigenvalue weighted by atomic mass is 16.5. The number of hydrogen-bond donors (Lipinski definition) is 3. The third-order valence-electron chi connectivity index (χ3n) is 14.6. The summed E-state index contributed by atoms with van der Waals surface area (Å²) in [7, 11) is 0. The van der Waals surface area contributed by atoms with E-state index in [1.165, 1.54) is 270 Å². The molecule has 6 heteroatoms. The summed E-state index contributed by atoms with van der Waals surface area (Å²) in [4.78, 5) is 24.5. The molecule has 0 bridgehead atoms. The van der Waals surface area contributed by atoms with Crippen molar-refractivity contribution in [1.29, 1.82) is 0 Å². The van der Waals surface area contributed by atoms with Gasteiger partial charge in [-0.2, -0.15) is 0 Å². The summed E-state index contributed by atoms with van der Waals surface area (Å²) in [5.74, 6) is -0.0640. The summed E-state index contributed by atoms with van der Waals surface area (Å²) >= 11 is 0. The van der Waals surface area contributed by atoms with Gasteiger partial charge in [-0.05, 0) is 83.5 Å². The van der Waals surface area contributed by atoms with Crippen LogP contribution in [0.2, 0.25) is 0 Å². The maximum Gasteiger partial charge on any atom is 0.305 e. The Labute approximate surface area is 443 Å². The third-order valence-corrected chi connectivity index (χ3v) is 14.6. The molecule has 0 rings (SSSR count). The number of rotatable bonds is 59. The summed E-state index contributed by atoms with van der Waals surface area (Å²) < 4.78 is 5.47. The molecule has 0 aliphatic carbocycles. The number of unbranched alkanes of at least 4 members (excludes halogenated alkanes) is 44. The van der Waals surface area contributed by atoms with Crippen molar-refractivity contribution in [2.75, 3.05) is 13.2 Å². The molecule has 1 amide bonds. The van der Waals surface area contributed by atoms with E-state index in [4.69, 9.17) is 4.74 Å². The van der Waals surface area contributed by atoms with Crippen LogP contribution >= 0.6 is 0 Å². The van der Waals surface area contributed by atoms with E-state index in [9.17, 15) is 19.8 Å². The minimum absolute atomic E-state index is 0.00460. The van der Waals surface area contributed by atoms with Gasteiger partial charge in [-0.1, -0.05) is 281 Å². The normalized spacial score (nSPS) is 12.8. The lowest BCUT2D eigenvalue weighted by atomic mass is 10.0. The number of hydrogen-bond acceptors (Lipinski definition) is 5. The zero-order valence-electron chi connectivity index (χ0n) is 47.7. The number of allylic oxidation sites excluding steroid dienone is 5. The first-order valence-electron chi connectivity index (χ1n) is 31.8. The lowest BCUT2D eigenvalue weighted by Gasteiger charge is -2.20. The van der Waals surface area contributed by atoms with Crippen LogP contribution in [0.4, 0.5) is 0 Å². The van der Waals surface area contributed by atoms with Gasteiger partial charge < -0.3 is 20.3 Å². The van der Waals surface area contributed by atoms with Gasteiger partial charge in [0.05, 0.1) is 25.4 Å². The van der Waals surface area contributed by atoms with E-state index in [1.54, 1.807) is 6.08 Å². The predicted molar refractivity (Wildman–Crippen MR) is 310 cm³/mol. The van der Waals surface area contributed by atoms with E-state index in [0.717, 1.165) is 44.9 Å². The van der Waals surface area contributed by atoms with Crippen molar-refractivity contribution in [2.45, 2.75) is 353 Å². The highest BCUT2D eigenvalue weighted by molar-refractivity contribution is 5.76. The van der Waals surface area contributed by atoms with Gasteiger partial charge >= 0.3 is 5.97 Å². The molecule has 2 unspecified atom stereocenters. The van der Waals surface area contributed by atoms with Crippen LogP contribution in [0.5, 0.6) is 0 Å². The highest BCUT2D eigenvalue weighted by Gasteiger charge is 2.18. The van der Waals surface area contributed by atoms with Crippen molar-refractivity contribution in [3.05, 3.63) is 36.5 Å². The first-order valence-corrected chi connectivity index (χ1v) is 31.8. The molecule has 418 valence electrons. The smallest absolute Gasteiger partial charge is 0.305 e. The first-order chi connectivity index (χ1) is 35.0. The van der Waals surface area contributed by atoms with Crippen LogP contribution < -0.4 is 5.32 Å². The molecule has 0 aromatic rings. The number of aliphatic hydroxyl groups is 2. The maximum absolute atomic E-state index is 12.5. The van der Waals surface area contributed by atoms with Gasteiger partial charge in [0.25, 0.3) is 0 Å². The summed E-state index contributed by atoms with van der Waals surface area (Å²) in [5.41, 5.74) is 0. The second-order valence-electron chi connectivity index (χ2n) is 21.7. The average molecular weight is 999 g/mol. The summed E-state index contributed by atoms with van der Waals surface area (Å²) in [6.07, 6.45) is 76.2. The largest absolute Gasteiger partial charge is 0.466 e. The van der Waals surface area contributed by atoms with Gasteiger partial charge in [-0.3, -0.25) is 9.59 Å². The standard InChI is InChI=1S/C65H123NO5/c1-3-5-7-9-11-13-15-17-30-34-37-41-45-49-53-57-63(68)62(61-67)66-64(69)58-54-50-46-42-38-35-31-28-26-24-22-20-18-19-21-23-25-27-29-32-36-40-44-48-52-56-60-71-65(70)59-55-51-47-43-39-33-16-14-12-10-8-6-4-2/h14,16,18,20,53,57,62-63,67-68H,3-13,15,17,19,21-52,54-56,58-61H2,1-2H3,(H,66,69)/b16-14-,20-18-,57-53+. The van der Waals surface area contributed by atoms with E-state index in [0.29, 0.717) is 19.4 Å². The first kappa shape index (κ1) is 69.1. The summed E-state index contributed by atoms with van der Waals surface area (Å²) in [6.45, 7) is 4.90. The Kier molecular flexibility index (Phi) is 59.0. The molecule has 3 N–H and O–H groups in total. The third kappa shape index (κ3) is 57.2. The quantitative estimate of drug-likeness (QED) is 0.0321. The molecule has 0 fully saturated rings. The van der Waals surface area contributed by atoms with E-state index >= 15 is 0 Å². The lowest BCUT2D eigenvalue weighted by molar-refractivity contribution is -0.143. The zero-order chi connectivity index (χ0) is 51.4. The number of aliphatic hydroxyl groups excluding tert-OH is 2. The van der Waals surface area contributed by atoms with Gasteiger partial charge in [-0.25, -0.2) is 0 Å². The molecule has 0 aromatic heterocycles. The highest BCUT2D eigenvalue weighted by Crippen LogP contribution is 2.17. The minimum Gasteiger partial charge on any atom is -0.466 e. The topological polar surface area (TPSA) is 95.9 Å². The van der Waals surface area contributed by atoms with E-state index in [1.807, 2.05) is 6.08 Å². The Bertz CT molecular complexity index is 1150. The fourth-order valence-corrected chi connectivity index (χ4v) is 9.74. The van der Waals surface area contributed by atoms with Crippen molar-refractivity contribution in [3.63, 3.8) is 0 Å². The Morgan fingerprint density at radius 2 is 0.662 bits per heavy atom. The Hall–Kier alpha value is -1.92. The molecular formula is C65H123NO5. The Morgan fingerprint density at radius 1 is 0.380 bits per heavy atom. The molecule has 0 aromatic carbocycles. The van der Waals surface area contributed by atoms with Gasteiger partial charge in [-0.15, -0.1) is 0 Å². The van der Waals surface area contributed by atoms with E-state index < -0.39 is 12.1 Å². The fourth-order valence-electron chi connectivity index (χ4n) is 9.74. The lowest BCUT2D eigenvalue weighted by Crippen LogP contribution is -2.45. The van der Waals surface area contributed by atoms with Crippen molar-refractivity contribution in [2.24, 2.45) is 0 Å². The molecular weight excluding hydrogens is 875 g/mol. The van der Waals surface area contributed by atoms with Crippen LogP contribution in [0.25, 0.3) is 0 Å². The molecule has 0 aliphatic rings. The van der Waals surface area contributed by atoms with E-state index in [-0.39, 0.29) is 18.5 Å². The number of ether oxygens (including phenoxy) is 1. The van der Waals surface area contributed by atoms with Gasteiger partial charge in [0.1, 0.15) is 0 Å². The van der Waals surface area contributed by atoms with Crippen LogP contribution in [0.3, 0.4) is 0 Å². The molecule has 0 aliphatic heterocycles. The van der Waals surface area contributed by atoms with Crippen molar-refractivity contribution >= 4 is 11.9 Å². The van der Waals surface area contributed by atoms with Crippen molar-refractivity contribution in [3.8, 4) is 0 Å². The Balaban J connectivity index is 3.41. The van der Waals surface area contributed by atoms with Crippen LogP contribution in [-0.4, -0.2) is 47.4 Å². The molecule has 0 heterocycles.